The van der Waals surface area contributed by atoms with E-state index < -0.39 is 0 Å². The van der Waals surface area contributed by atoms with Crippen LogP contribution in [0.1, 0.15) is 11.1 Å². The number of non-ortho nitro benzene ring substituents is 1. The van der Waals surface area contributed by atoms with Crippen LogP contribution in [0.25, 0.3) is 17.0 Å². The van der Waals surface area contributed by atoms with E-state index >= 15 is 0 Å². The van der Waals surface area contributed by atoms with E-state index in [1.807, 2.05) is 49.4 Å². The van der Waals surface area contributed by atoms with Gasteiger partial charge < -0.3 is 0 Å². The number of nitro groups is 1. The van der Waals surface area contributed by atoms with Crippen LogP contribution in [0.5, 0.6) is 0 Å². The molecule has 0 N–H and O–H groups in total. The molecule has 0 aliphatic heterocycles. The number of thioether (sulfide) groups is 1. The Morgan fingerprint density at radius 3 is 2.67 bits per heavy atom. The molecule has 0 aliphatic rings. The number of aryl methyl sites for hydroxylation is 1. The molecule has 27 heavy (non-hydrogen) atoms. The van der Waals surface area contributed by atoms with Crippen molar-refractivity contribution in [2.24, 2.45) is 0 Å². The Hall–Kier alpha value is -3.26. The van der Waals surface area contributed by atoms with Crippen LogP contribution in [0.2, 0.25) is 0 Å². The molecule has 2 aromatic carbocycles. The first-order valence-electron chi connectivity index (χ1n) is 8.26. The highest BCUT2D eigenvalue weighted by Crippen LogP contribution is 2.25. The number of hydrogen-bond acceptors (Lipinski definition) is 6. The van der Waals surface area contributed by atoms with Gasteiger partial charge in [0.05, 0.1) is 4.92 Å². The Labute approximate surface area is 159 Å². The van der Waals surface area contributed by atoms with Crippen LogP contribution < -0.4 is 0 Å². The summed E-state index contributed by atoms with van der Waals surface area (Å²) in [6.45, 7) is 2.03. The summed E-state index contributed by atoms with van der Waals surface area (Å²) >= 11 is 1.51. The van der Waals surface area contributed by atoms with Gasteiger partial charge in [0, 0.05) is 23.4 Å². The van der Waals surface area contributed by atoms with Gasteiger partial charge >= 0.3 is 0 Å². The summed E-state index contributed by atoms with van der Waals surface area (Å²) in [6.07, 6.45) is 0. The summed E-state index contributed by atoms with van der Waals surface area (Å²) in [5.74, 6) is 1.27. The topological polar surface area (TPSA) is 86.2 Å². The minimum Gasteiger partial charge on any atom is -0.258 e. The largest absolute Gasteiger partial charge is 0.269 e. The van der Waals surface area contributed by atoms with Gasteiger partial charge in [0.15, 0.2) is 11.5 Å². The van der Waals surface area contributed by atoms with Crippen molar-refractivity contribution in [3.05, 3.63) is 81.9 Å². The van der Waals surface area contributed by atoms with Gasteiger partial charge in [0.1, 0.15) is 5.03 Å². The fourth-order valence-electron chi connectivity index (χ4n) is 2.65. The second-order valence-electron chi connectivity index (χ2n) is 6.05. The fraction of sp³-hybridized carbons (Fsp3) is 0.105. The summed E-state index contributed by atoms with van der Waals surface area (Å²) in [4.78, 5) is 10.5. The lowest BCUT2D eigenvalue weighted by atomic mass is 10.1. The molecule has 134 valence electrons. The maximum Gasteiger partial charge on any atom is 0.269 e. The SMILES string of the molecule is Cc1ccc(-c2nnc3ccc(SCc4cccc([N+](=O)[O-])c4)nn23)cc1. The molecule has 2 heterocycles. The van der Waals surface area contributed by atoms with Crippen molar-refractivity contribution in [1.82, 2.24) is 19.8 Å². The average Bonchev–Trinajstić information content (AvgIpc) is 3.10. The minimum absolute atomic E-state index is 0.0944. The maximum atomic E-state index is 10.9. The van der Waals surface area contributed by atoms with Crippen LogP contribution in [0.3, 0.4) is 0 Å². The molecule has 0 spiro atoms. The Bertz CT molecular complexity index is 1120. The van der Waals surface area contributed by atoms with Crippen LogP contribution >= 0.6 is 11.8 Å². The van der Waals surface area contributed by atoms with E-state index in [1.165, 1.54) is 23.4 Å². The number of fused-ring (bicyclic) bond motifs is 1. The monoisotopic (exact) mass is 377 g/mol. The lowest BCUT2D eigenvalue weighted by Gasteiger charge is -2.04. The van der Waals surface area contributed by atoms with E-state index in [1.54, 1.807) is 16.6 Å². The maximum absolute atomic E-state index is 10.9. The van der Waals surface area contributed by atoms with E-state index in [0.717, 1.165) is 16.2 Å². The molecule has 0 amide bonds. The zero-order chi connectivity index (χ0) is 18.8. The third-order valence-electron chi connectivity index (χ3n) is 4.06. The lowest BCUT2D eigenvalue weighted by molar-refractivity contribution is -0.384. The van der Waals surface area contributed by atoms with Gasteiger partial charge in [-0.05, 0) is 24.6 Å². The van der Waals surface area contributed by atoms with Crippen molar-refractivity contribution in [3.8, 4) is 11.4 Å². The molecule has 0 bridgehead atoms. The predicted octanol–water partition coefficient (Wildman–Crippen LogP) is 4.30. The van der Waals surface area contributed by atoms with Gasteiger partial charge in [0.2, 0.25) is 0 Å². The van der Waals surface area contributed by atoms with Crippen LogP contribution in [-0.2, 0) is 5.75 Å². The normalized spacial score (nSPS) is 11.0. The summed E-state index contributed by atoms with van der Waals surface area (Å²) < 4.78 is 1.72. The number of benzene rings is 2. The van der Waals surface area contributed by atoms with Gasteiger partial charge in [0.25, 0.3) is 5.69 Å². The molecule has 0 radical (unpaired) electrons. The Morgan fingerprint density at radius 2 is 1.89 bits per heavy atom. The number of nitrogens with zero attached hydrogens (tertiary/aromatic N) is 5. The molecule has 4 rings (SSSR count). The van der Waals surface area contributed by atoms with E-state index in [9.17, 15) is 10.1 Å². The van der Waals surface area contributed by atoms with E-state index in [-0.39, 0.29) is 10.6 Å². The Morgan fingerprint density at radius 1 is 1.07 bits per heavy atom. The highest BCUT2D eigenvalue weighted by atomic mass is 32.2. The van der Waals surface area contributed by atoms with Crippen molar-refractivity contribution in [3.63, 3.8) is 0 Å². The number of hydrogen-bond donors (Lipinski definition) is 0. The fourth-order valence-corrected chi connectivity index (χ4v) is 3.45. The van der Waals surface area contributed by atoms with Crippen LogP contribution in [-0.4, -0.2) is 24.7 Å². The van der Waals surface area contributed by atoms with E-state index in [0.29, 0.717) is 17.2 Å². The highest BCUT2D eigenvalue weighted by Gasteiger charge is 2.11. The number of nitro benzene ring substituents is 1. The average molecular weight is 377 g/mol. The molecule has 0 aliphatic carbocycles. The third kappa shape index (κ3) is 3.65. The predicted molar refractivity (Wildman–Crippen MR) is 104 cm³/mol. The van der Waals surface area contributed by atoms with E-state index in [4.69, 9.17) is 0 Å². The summed E-state index contributed by atoms with van der Waals surface area (Å²) in [5, 5.41) is 24.8. The Kier molecular flexibility index (Phi) is 4.55. The van der Waals surface area contributed by atoms with E-state index in [2.05, 4.69) is 15.3 Å². The van der Waals surface area contributed by atoms with Gasteiger partial charge in [-0.1, -0.05) is 53.7 Å². The van der Waals surface area contributed by atoms with Crippen LogP contribution in [0, 0.1) is 17.0 Å². The van der Waals surface area contributed by atoms with Gasteiger partial charge in [-0.2, -0.15) is 9.61 Å². The van der Waals surface area contributed by atoms with Gasteiger partial charge in [-0.25, -0.2) is 0 Å². The van der Waals surface area contributed by atoms with Crippen molar-refractivity contribution in [2.75, 3.05) is 0 Å². The molecule has 0 saturated carbocycles. The first kappa shape index (κ1) is 17.2. The van der Waals surface area contributed by atoms with Crippen LogP contribution in [0.4, 0.5) is 5.69 Å². The molecule has 8 heteroatoms. The second kappa shape index (κ2) is 7.16. The van der Waals surface area contributed by atoms with Crippen molar-refractivity contribution < 1.29 is 4.92 Å². The first-order chi connectivity index (χ1) is 13.1. The molecule has 0 atom stereocenters. The van der Waals surface area contributed by atoms with Crippen molar-refractivity contribution in [2.45, 2.75) is 17.7 Å². The van der Waals surface area contributed by atoms with Crippen molar-refractivity contribution >= 4 is 23.1 Å². The molecule has 7 nitrogen and oxygen atoms in total. The summed E-state index contributed by atoms with van der Waals surface area (Å²) in [6, 6.07) is 18.4. The standard InChI is InChI=1S/C19H15N5O2S/c1-13-5-7-15(8-6-13)19-21-20-17-9-10-18(22-23(17)19)27-12-14-3-2-4-16(11-14)24(25)26/h2-11H,12H2,1H3. The first-order valence-corrected chi connectivity index (χ1v) is 9.24. The van der Waals surface area contributed by atoms with Crippen LogP contribution in [0.15, 0.2) is 65.7 Å². The highest BCUT2D eigenvalue weighted by molar-refractivity contribution is 7.98. The second-order valence-corrected chi connectivity index (χ2v) is 7.04. The molecular formula is C19H15N5O2S. The molecular weight excluding hydrogens is 362 g/mol. The quantitative estimate of drug-likeness (QED) is 0.293. The number of rotatable bonds is 5. The minimum atomic E-state index is -0.385. The summed E-state index contributed by atoms with van der Waals surface area (Å²) in [7, 11) is 0. The molecule has 0 fully saturated rings. The van der Waals surface area contributed by atoms with Gasteiger partial charge in [-0.15, -0.1) is 10.2 Å². The zero-order valence-electron chi connectivity index (χ0n) is 14.4. The molecule has 2 aromatic heterocycles. The van der Waals surface area contributed by atoms with Gasteiger partial charge in [-0.3, -0.25) is 10.1 Å². The zero-order valence-corrected chi connectivity index (χ0v) is 15.3. The lowest BCUT2D eigenvalue weighted by Crippen LogP contribution is -1.97. The molecule has 0 unspecified atom stereocenters. The summed E-state index contributed by atoms with van der Waals surface area (Å²) in [5.41, 5.74) is 3.76. The molecule has 0 saturated heterocycles. The van der Waals surface area contributed by atoms with Crippen molar-refractivity contribution in [1.29, 1.82) is 0 Å². The third-order valence-corrected chi connectivity index (χ3v) is 5.05. The Balaban J connectivity index is 1.60. The molecule has 4 aromatic rings. The smallest absolute Gasteiger partial charge is 0.258 e. The number of aromatic nitrogens is 4.